The average Bonchev–Trinajstić information content (AvgIpc) is 3.04. The first-order valence-electron chi connectivity index (χ1n) is 10.1. The normalized spacial score (nSPS) is 15.3. The number of aromatic nitrogens is 1. The average molecular weight is 429 g/mol. The van der Waals surface area contributed by atoms with Crippen molar-refractivity contribution in [1.29, 1.82) is 0 Å². The maximum Gasteiger partial charge on any atom is 0.335 e. The Morgan fingerprint density at radius 2 is 1.62 bits per heavy atom. The smallest absolute Gasteiger partial charge is 0.335 e. The van der Waals surface area contributed by atoms with Gasteiger partial charge in [-0.05, 0) is 80.4 Å². The highest BCUT2D eigenvalue weighted by atomic mass is 16.5. The van der Waals surface area contributed by atoms with Crippen molar-refractivity contribution >= 4 is 29.6 Å². The van der Waals surface area contributed by atoms with Gasteiger partial charge >= 0.3 is 6.03 Å². The molecule has 2 heterocycles. The number of imide groups is 2. The molecule has 162 valence electrons. The number of amides is 4. The van der Waals surface area contributed by atoms with Crippen molar-refractivity contribution in [2.75, 3.05) is 12.0 Å². The molecule has 3 aromatic rings. The number of nitrogens with one attached hydrogen (secondary N) is 1. The number of carbonyl (C=O) groups excluding carboxylic acids is 3. The van der Waals surface area contributed by atoms with E-state index in [9.17, 15) is 14.4 Å². The summed E-state index contributed by atoms with van der Waals surface area (Å²) in [4.78, 5) is 39.1. The van der Waals surface area contributed by atoms with E-state index in [1.54, 1.807) is 24.3 Å². The Labute approximate surface area is 185 Å². The highest BCUT2D eigenvalue weighted by Gasteiger charge is 2.37. The lowest BCUT2D eigenvalue weighted by atomic mass is 10.1. The number of hydrogen-bond acceptors (Lipinski definition) is 4. The number of carbonyl (C=O) groups is 3. The maximum absolute atomic E-state index is 13.2. The molecule has 1 aliphatic rings. The van der Waals surface area contributed by atoms with Crippen molar-refractivity contribution in [2.45, 2.75) is 20.8 Å². The molecule has 0 bridgehead atoms. The molecule has 4 amide bonds. The molecule has 7 heteroatoms. The first-order valence-corrected chi connectivity index (χ1v) is 10.1. The van der Waals surface area contributed by atoms with Crippen LogP contribution in [0, 0.1) is 20.8 Å². The van der Waals surface area contributed by atoms with Gasteiger partial charge in [-0.1, -0.05) is 12.1 Å². The molecule has 0 radical (unpaired) electrons. The lowest BCUT2D eigenvalue weighted by Crippen LogP contribution is -2.54. The second-order valence-electron chi connectivity index (χ2n) is 7.66. The second kappa shape index (κ2) is 8.19. The fourth-order valence-electron chi connectivity index (χ4n) is 3.88. The number of ether oxygens (including phenoxy) is 1. The predicted molar refractivity (Wildman–Crippen MR) is 122 cm³/mol. The van der Waals surface area contributed by atoms with Gasteiger partial charge < -0.3 is 9.30 Å². The highest BCUT2D eigenvalue weighted by molar-refractivity contribution is 6.39. The number of barbiturate groups is 1. The summed E-state index contributed by atoms with van der Waals surface area (Å²) in [6.07, 6.45) is 1.54. The van der Waals surface area contributed by atoms with Gasteiger partial charge in [-0.2, -0.15) is 0 Å². The van der Waals surface area contributed by atoms with Crippen molar-refractivity contribution in [3.8, 4) is 11.4 Å². The van der Waals surface area contributed by atoms with Gasteiger partial charge in [0, 0.05) is 17.1 Å². The standard InChI is InChI=1S/C25H23N3O4/c1-15-6-5-7-20(12-15)27-16(2)13-18(17(27)3)14-22-23(29)26-25(31)28(24(22)30)19-8-10-21(32-4)11-9-19/h5-14H,1-4H3,(H,26,29,31)/b22-14+. The van der Waals surface area contributed by atoms with E-state index in [0.29, 0.717) is 11.4 Å². The summed E-state index contributed by atoms with van der Waals surface area (Å²) in [5.41, 5.74) is 4.94. The molecule has 0 spiro atoms. The summed E-state index contributed by atoms with van der Waals surface area (Å²) in [7, 11) is 1.53. The van der Waals surface area contributed by atoms with Crippen LogP contribution in [0.1, 0.15) is 22.5 Å². The molecule has 7 nitrogen and oxygen atoms in total. The van der Waals surface area contributed by atoms with E-state index in [1.165, 1.54) is 13.2 Å². The zero-order chi connectivity index (χ0) is 23.0. The largest absolute Gasteiger partial charge is 0.497 e. The lowest BCUT2D eigenvalue weighted by molar-refractivity contribution is -0.122. The Kier molecular flexibility index (Phi) is 5.40. The van der Waals surface area contributed by atoms with Gasteiger partial charge in [0.1, 0.15) is 11.3 Å². The summed E-state index contributed by atoms with van der Waals surface area (Å²) in [5, 5.41) is 2.26. The molecule has 1 saturated heterocycles. The first kappa shape index (κ1) is 21.1. The molecule has 0 saturated carbocycles. The summed E-state index contributed by atoms with van der Waals surface area (Å²) in [6, 6.07) is 15.7. The van der Waals surface area contributed by atoms with E-state index in [0.717, 1.165) is 33.1 Å². The molecular formula is C25H23N3O4. The van der Waals surface area contributed by atoms with Crippen molar-refractivity contribution in [1.82, 2.24) is 9.88 Å². The van der Waals surface area contributed by atoms with Crippen molar-refractivity contribution in [3.05, 3.63) is 82.7 Å². The van der Waals surface area contributed by atoms with Crippen molar-refractivity contribution < 1.29 is 19.1 Å². The monoisotopic (exact) mass is 429 g/mol. The Morgan fingerprint density at radius 3 is 2.28 bits per heavy atom. The Morgan fingerprint density at radius 1 is 0.906 bits per heavy atom. The molecule has 32 heavy (non-hydrogen) atoms. The molecule has 0 aliphatic carbocycles. The van der Waals surface area contributed by atoms with Gasteiger partial charge in [-0.25, -0.2) is 9.69 Å². The van der Waals surface area contributed by atoms with Crippen LogP contribution in [0.4, 0.5) is 10.5 Å². The lowest BCUT2D eigenvalue weighted by Gasteiger charge is -2.26. The Balaban J connectivity index is 1.74. The van der Waals surface area contributed by atoms with Gasteiger partial charge in [0.2, 0.25) is 0 Å². The summed E-state index contributed by atoms with van der Waals surface area (Å²) in [6.45, 7) is 5.92. The zero-order valence-corrected chi connectivity index (χ0v) is 18.3. The minimum absolute atomic E-state index is 0.107. The van der Waals surface area contributed by atoms with E-state index < -0.39 is 17.8 Å². The van der Waals surface area contributed by atoms with E-state index in [2.05, 4.69) is 16.0 Å². The maximum atomic E-state index is 13.2. The second-order valence-corrected chi connectivity index (χ2v) is 7.66. The van der Waals surface area contributed by atoms with Crippen molar-refractivity contribution in [3.63, 3.8) is 0 Å². The summed E-state index contributed by atoms with van der Waals surface area (Å²) in [5.74, 6) is -0.802. The van der Waals surface area contributed by atoms with Gasteiger partial charge in [0.05, 0.1) is 12.8 Å². The fraction of sp³-hybridized carbons (Fsp3) is 0.160. The minimum Gasteiger partial charge on any atom is -0.497 e. The summed E-state index contributed by atoms with van der Waals surface area (Å²) < 4.78 is 7.19. The van der Waals surface area contributed by atoms with Crippen LogP contribution in [-0.2, 0) is 9.59 Å². The highest BCUT2D eigenvalue weighted by Crippen LogP contribution is 2.27. The summed E-state index contributed by atoms with van der Waals surface area (Å²) >= 11 is 0. The first-order chi connectivity index (χ1) is 15.3. The Bertz CT molecular complexity index is 1270. The number of hydrogen-bond donors (Lipinski definition) is 1. The third-order valence-corrected chi connectivity index (χ3v) is 5.46. The number of nitrogens with zero attached hydrogens (tertiary/aromatic N) is 2. The number of anilines is 1. The molecule has 4 rings (SSSR count). The van der Waals surface area contributed by atoms with Crippen LogP contribution < -0.4 is 15.0 Å². The third-order valence-electron chi connectivity index (χ3n) is 5.46. The molecule has 0 unspecified atom stereocenters. The zero-order valence-electron chi connectivity index (χ0n) is 18.3. The van der Waals surface area contributed by atoms with Gasteiger partial charge in [0.15, 0.2) is 0 Å². The topological polar surface area (TPSA) is 80.6 Å². The van der Waals surface area contributed by atoms with Crippen LogP contribution in [-0.4, -0.2) is 29.5 Å². The number of benzene rings is 2. The number of urea groups is 1. The molecule has 1 N–H and O–H groups in total. The van der Waals surface area contributed by atoms with Crippen LogP contribution in [0.3, 0.4) is 0 Å². The molecule has 1 aromatic heterocycles. The predicted octanol–water partition coefficient (Wildman–Crippen LogP) is 4.08. The van der Waals surface area contributed by atoms with Gasteiger partial charge in [-0.15, -0.1) is 0 Å². The van der Waals surface area contributed by atoms with E-state index >= 15 is 0 Å². The molecular weight excluding hydrogens is 406 g/mol. The number of methoxy groups -OCH3 is 1. The number of rotatable bonds is 4. The molecule has 1 fully saturated rings. The quantitative estimate of drug-likeness (QED) is 0.501. The van der Waals surface area contributed by atoms with E-state index in [1.807, 2.05) is 45.0 Å². The van der Waals surface area contributed by atoms with Crippen LogP contribution in [0.25, 0.3) is 11.8 Å². The van der Waals surface area contributed by atoms with Crippen LogP contribution in [0.15, 0.2) is 60.2 Å². The van der Waals surface area contributed by atoms with Gasteiger partial charge in [-0.3, -0.25) is 14.9 Å². The Hall–Kier alpha value is -4.13. The number of aryl methyl sites for hydroxylation is 2. The van der Waals surface area contributed by atoms with Crippen LogP contribution in [0.5, 0.6) is 5.75 Å². The molecule has 1 aliphatic heterocycles. The van der Waals surface area contributed by atoms with E-state index in [-0.39, 0.29) is 5.57 Å². The van der Waals surface area contributed by atoms with Crippen molar-refractivity contribution in [2.24, 2.45) is 0 Å². The third kappa shape index (κ3) is 3.69. The van der Waals surface area contributed by atoms with Crippen LogP contribution in [0.2, 0.25) is 0 Å². The van der Waals surface area contributed by atoms with Crippen LogP contribution >= 0.6 is 0 Å². The molecule has 2 aromatic carbocycles. The van der Waals surface area contributed by atoms with Gasteiger partial charge in [0.25, 0.3) is 11.8 Å². The SMILES string of the molecule is COc1ccc(N2C(=O)NC(=O)/C(=C\c3cc(C)n(-c4cccc(C)c4)c3C)C2=O)cc1. The minimum atomic E-state index is -0.785. The van der Waals surface area contributed by atoms with E-state index in [4.69, 9.17) is 4.74 Å². The molecule has 0 atom stereocenters. The fourth-order valence-corrected chi connectivity index (χ4v) is 3.88.